The summed E-state index contributed by atoms with van der Waals surface area (Å²) in [6.07, 6.45) is 2.80. The number of carbonyl (C=O) groups excluding carboxylic acids is 3. The lowest BCUT2D eigenvalue weighted by Crippen LogP contribution is -2.31. The first-order valence-corrected chi connectivity index (χ1v) is 7.96. The van der Waals surface area contributed by atoms with Gasteiger partial charge in [0, 0.05) is 25.6 Å². The van der Waals surface area contributed by atoms with Gasteiger partial charge in [-0.1, -0.05) is 35.7 Å². The van der Waals surface area contributed by atoms with E-state index >= 15 is 0 Å². The van der Waals surface area contributed by atoms with Crippen LogP contribution < -0.4 is 5.69 Å². The third-order valence-corrected chi connectivity index (χ3v) is 3.71. The van der Waals surface area contributed by atoms with E-state index in [9.17, 15) is 19.2 Å². The number of carbonyl (C=O) groups is 3. The molecule has 1 rings (SSSR count). The molecule has 7 heteroatoms. The Morgan fingerprint density at radius 1 is 1.05 bits per heavy atom. The molecule has 0 spiro atoms. The zero-order chi connectivity index (χ0) is 16.2. The van der Waals surface area contributed by atoms with Crippen molar-refractivity contribution in [3.63, 3.8) is 0 Å². The number of ketones is 1. The minimum atomic E-state index is -0.775. The summed E-state index contributed by atoms with van der Waals surface area (Å²) in [6, 6.07) is 0. The van der Waals surface area contributed by atoms with Crippen molar-refractivity contribution in [1.82, 2.24) is 9.13 Å². The van der Waals surface area contributed by atoms with Gasteiger partial charge < -0.3 is 0 Å². The highest BCUT2D eigenvalue weighted by atomic mass is 79.9. The highest BCUT2D eigenvalue weighted by Crippen LogP contribution is 2.16. The lowest BCUT2D eigenvalue weighted by atomic mass is 10.1. The van der Waals surface area contributed by atoms with E-state index in [0.29, 0.717) is 6.42 Å². The van der Waals surface area contributed by atoms with Crippen molar-refractivity contribution < 1.29 is 14.4 Å². The quantitative estimate of drug-likeness (QED) is 0.444. The number of hydrogen-bond acceptors (Lipinski definition) is 4. The number of rotatable bonds is 6. The van der Waals surface area contributed by atoms with Gasteiger partial charge in [0.1, 0.15) is 5.69 Å². The van der Waals surface area contributed by atoms with Crippen LogP contribution in [0.3, 0.4) is 0 Å². The Balaban J connectivity index is 3.44. The first kappa shape index (κ1) is 17.6. The zero-order valence-corrected chi connectivity index (χ0v) is 14.0. The highest BCUT2D eigenvalue weighted by Gasteiger charge is 2.27. The first-order chi connectivity index (χ1) is 9.86. The summed E-state index contributed by atoms with van der Waals surface area (Å²) < 4.78 is 1.68. The molecule has 0 saturated heterocycles. The number of hydrogen-bond donors (Lipinski definition) is 0. The van der Waals surface area contributed by atoms with E-state index in [0.717, 1.165) is 22.0 Å². The van der Waals surface area contributed by atoms with Crippen LogP contribution >= 0.6 is 15.9 Å². The largest absolute Gasteiger partial charge is 0.342 e. The van der Waals surface area contributed by atoms with E-state index in [4.69, 9.17) is 0 Å². The summed E-state index contributed by atoms with van der Waals surface area (Å²) in [7, 11) is 0. The van der Waals surface area contributed by atoms with Gasteiger partial charge in [0.25, 0.3) is 0 Å². The first-order valence-electron chi connectivity index (χ1n) is 6.84. The lowest BCUT2D eigenvalue weighted by Gasteiger charge is -2.05. The van der Waals surface area contributed by atoms with Gasteiger partial charge in [0.2, 0.25) is 11.8 Å². The molecule has 6 nitrogen and oxygen atoms in total. The van der Waals surface area contributed by atoms with Crippen LogP contribution in [0.2, 0.25) is 0 Å². The van der Waals surface area contributed by atoms with Crippen LogP contribution in [0.15, 0.2) is 4.79 Å². The normalized spacial score (nSPS) is 10.7. The van der Waals surface area contributed by atoms with Crippen molar-refractivity contribution in [2.45, 2.75) is 51.8 Å². The molecule has 1 heterocycles. The molecule has 0 fully saturated rings. The topological polar surface area (TPSA) is 78.1 Å². The predicted octanol–water partition coefficient (Wildman–Crippen LogP) is 2.63. The summed E-state index contributed by atoms with van der Waals surface area (Å²) in [5.41, 5.74) is -0.511. The highest BCUT2D eigenvalue weighted by molar-refractivity contribution is 9.08. The van der Waals surface area contributed by atoms with E-state index in [2.05, 4.69) is 15.9 Å². The number of unbranched alkanes of at least 4 members (excludes halogenated alkanes) is 2. The maximum atomic E-state index is 12.4. The molecule has 0 amide bonds. The average molecular weight is 359 g/mol. The van der Waals surface area contributed by atoms with Crippen molar-refractivity contribution in [2.75, 3.05) is 0 Å². The van der Waals surface area contributed by atoms with Crippen LogP contribution in [0.25, 0.3) is 0 Å². The van der Waals surface area contributed by atoms with Gasteiger partial charge in [-0.3, -0.25) is 14.4 Å². The third kappa shape index (κ3) is 3.58. The minimum absolute atomic E-state index is 0.0238. The van der Waals surface area contributed by atoms with Crippen LogP contribution in [0.5, 0.6) is 0 Å². The fourth-order valence-electron chi connectivity index (χ4n) is 2.23. The smallest absolute Gasteiger partial charge is 0.292 e. The van der Waals surface area contributed by atoms with Crippen LogP contribution in [0.4, 0.5) is 0 Å². The van der Waals surface area contributed by atoms with Crippen molar-refractivity contribution in [3.05, 3.63) is 21.9 Å². The van der Waals surface area contributed by atoms with Crippen molar-refractivity contribution in [1.29, 1.82) is 0 Å². The molecule has 1 aromatic heterocycles. The molecular formula is C14H19BrN2O4. The van der Waals surface area contributed by atoms with Crippen LogP contribution in [-0.2, 0) is 5.33 Å². The molecule has 0 aliphatic rings. The summed E-state index contributed by atoms with van der Waals surface area (Å²) >= 11 is 3.19. The summed E-state index contributed by atoms with van der Waals surface area (Å²) in [6.45, 7) is 4.45. The molecular weight excluding hydrogens is 340 g/mol. The second-order valence-corrected chi connectivity index (χ2v) is 5.36. The summed E-state index contributed by atoms with van der Waals surface area (Å²) in [4.78, 5) is 47.9. The second-order valence-electron chi connectivity index (χ2n) is 4.80. The molecule has 0 aliphatic heterocycles. The maximum Gasteiger partial charge on any atom is 0.342 e. The zero-order valence-electron chi connectivity index (χ0n) is 12.4. The lowest BCUT2D eigenvalue weighted by molar-refractivity contribution is 0.0892. The summed E-state index contributed by atoms with van der Waals surface area (Å²) in [5, 5.41) is 0.150. The van der Waals surface area contributed by atoms with Gasteiger partial charge in [0.05, 0.1) is 5.69 Å². The Morgan fingerprint density at radius 2 is 1.62 bits per heavy atom. The van der Waals surface area contributed by atoms with Gasteiger partial charge >= 0.3 is 5.69 Å². The minimum Gasteiger partial charge on any atom is -0.292 e. The van der Waals surface area contributed by atoms with Crippen molar-refractivity contribution in [2.24, 2.45) is 0 Å². The van der Waals surface area contributed by atoms with Gasteiger partial charge in [-0.05, 0) is 6.42 Å². The van der Waals surface area contributed by atoms with Crippen molar-refractivity contribution >= 4 is 33.5 Å². The van der Waals surface area contributed by atoms with Gasteiger partial charge in [0.15, 0.2) is 5.78 Å². The molecule has 0 saturated carbocycles. The Bertz CT molecular complexity index is 628. The van der Waals surface area contributed by atoms with E-state index in [1.807, 2.05) is 6.92 Å². The monoisotopic (exact) mass is 358 g/mol. The van der Waals surface area contributed by atoms with Crippen LogP contribution in [0.1, 0.15) is 72.2 Å². The number of nitrogens with zero attached hydrogens (tertiary/aromatic N) is 2. The Kier molecular flexibility index (Phi) is 6.26. The Hall–Kier alpha value is -1.50. The van der Waals surface area contributed by atoms with E-state index in [1.165, 1.54) is 13.8 Å². The molecule has 21 heavy (non-hydrogen) atoms. The molecule has 0 N–H and O–H groups in total. The van der Waals surface area contributed by atoms with Crippen molar-refractivity contribution in [3.8, 4) is 0 Å². The number of alkyl halides is 1. The van der Waals surface area contributed by atoms with Gasteiger partial charge in [-0.2, -0.15) is 0 Å². The molecule has 0 unspecified atom stereocenters. The van der Waals surface area contributed by atoms with E-state index in [1.54, 1.807) is 0 Å². The maximum absolute atomic E-state index is 12.4. The fourth-order valence-corrected chi connectivity index (χ4v) is 2.74. The second kappa shape index (κ2) is 7.49. The molecule has 116 valence electrons. The molecule has 0 bridgehead atoms. The molecule has 0 radical (unpaired) electrons. The standard InChI is InChI=1S/C14H19BrN2O4/c1-4-5-6-7-12(20)13-11(8-15)16(9(2)18)14(21)17(13)10(3)19/h4-8H2,1-3H3. The van der Waals surface area contributed by atoms with E-state index < -0.39 is 17.5 Å². The number of aromatic nitrogens is 2. The third-order valence-electron chi connectivity index (χ3n) is 3.18. The number of imidazole rings is 1. The van der Waals surface area contributed by atoms with Crippen LogP contribution in [-0.4, -0.2) is 26.7 Å². The Labute approximate surface area is 131 Å². The van der Waals surface area contributed by atoms with Crippen LogP contribution in [0, 0.1) is 0 Å². The molecule has 0 aromatic carbocycles. The average Bonchev–Trinajstić information content (AvgIpc) is 2.71. The van der Waals surface area contributed by atoms with Gasteiger partial charge in [-0.15, -0.1) is 0 Å². The Morgan fingerprint density at radius 3 is 2.05 bits per heavy atom. The fraction of sp³-hybridized carbons (Fsp3) is 0.571. The van der Waals surface area contributed by atoms with Gasteiger partial charge in [-0.25, -0.2) is 13.9 Å². The molecule has 1 aromatic rings. The predicted molar refractivity (Wildman–Crippen MR) is 82.4 cm³/mol. The molecule has 0 aliphatic carbocycles. The molecule has 0 atom stereocenters. The SMILES string of the molecule is CCCCCC(=O)c1c(CBr)n(C(C)=O)c(=O)n1C(C)=O. The number of Topliss-reactive ketones (excluding diaryl/α,β-unsaturated/α-hetero) is 1. The number of halogens is 1. The summed E-state index contributed by atoms with van der Waals surface area (Å²) in [5.74, 6) is -1.37. The van der Waals surface area contributed by atoms with E-state index in [-0.39, 0.29) is 28.9 Å².